The molecule has 3 aromatic rings. The fraction of sp³-hybridized carbons (Fsp3) is 0.273. The first-order valence-electron chi connectivity index (χ1n) is 9.17. The average molecular weight is 359 g/mol. The lowest BCUT2D eigenvalue weighted by Crippen LogP contribution is -2.38. The fourth-order valence-electron chi connectivity index (χ4n) is 4.42. The molecule has 3 N–H and O–H groups in total. The largest absolute Gasteiger partial charge is 0.361 e. The van der Waals surface area contributed by atoms with Crippen LogP contribution < -0.4 is 10.6 Å². The number of hydrogen-bond acceptors (Lipinski definition) is 2. The summed E-state index contributed by atoms with van der Waals surface area (Å²) in [6.07, 6.45) is 1.97. The summed E-state index contributed by atoms with van der Waals surface area (Å²) in [5, 5.41) is 6.91. The van der Waals surface area contributed by atoms with Crippen molar-refractivity contribution in [2.45, 2.75) is 38.0 Å². The fourth-order valence-corrected chi connectivity index (χ4v) is 4.42. The molecule has 0 saturated carbocycles. The SMILES string of the molecule is CC(C)(C)c1ccc2c(c1)C1(CC(=O)Nc3cccc4[nH]cc1c34)C(=O)N2. The van der Waals surface area contributed by atoms with Gasteiger partial charge in [0.05, 0.1) is 5.69 Å². The second kappa shape index (κ2) is 5.00. The van der Waals surface area contributed by atoms with E-state index in [0.29, 0.717) is 0 Å². The number of hydrogen-bond donors (Lipinski definition) is 3. The van der Waals surface area contributed by atoms with E-state index in [9.17, 15) is 9.59 Å². The van der Waals surface area contributed by atoms with Gasteiger partial charge in [0.2, 0.25) is 11.8 Å². The van der Waals surface area contributed by atoms with Gasteiger partial charge in [-0.3, -0.25) is 9.59 Å². The number of H-pyrrole nitrogens is 1. The van der Waals surface area contributed by atoms with Crippen LogP contribution in [0.4, 0.5) is 11.4 Å². The quantitative estimate of drug-likeness (QED) is 0.567. The molecule has 0 radical (unpaired) electrons. The first kappa shape index (κ1) is 16.1. The normalized spacial score (nSPS) is 21.1. The second-order valence-electron chi connectivity index (χ2n) is 8.53. The van der Waals surface area contributed by atoms with Crippen molar-refractivity contribution in [1.82, 2.24) is 4.98 Å². The van der Waals surface area contributed by atoms with Crippen molar-refractivity contribution < 1.29 is 9.59 Å². The van der Waals surface area contributed by atoms with E-state index in [0.717, 1.165) is 39.0 Å². The predicted molar refractivity (Wildman–Crippen MR) is 106 cm³/mol. The molecule has 5 nitrogen and oxygen atoms in total. The van der Waals surface area contributed by atoms with Gasteiger partial charge in [0.25, 0.3) is 0 Å². The number of benzene rings is 2. The summed E-state index contributed by atoms with van der Waals surface area (Å²) >= 11 is 0. The zero-order chi connectivity index (χ0) is 19.0. The maximum Gasteiger partial charge on any atom is 0.240 e. The molecule has 3 heterocycles. The summed E-state index contributed by atoms with van der Waals surface area (Å²) in [4.78, 5) is 29.4. The highest BCUT2D eigenvalue weighted by Crippen LogP contribution is 2.51. The molecule has 1 atom stereocenters. The Bertz CT molecular complexity index is 1140. The van der Waals surface area contributed by atoms with Crippen molar-refractivity contribution in [3.05, 3.63) is 59.3 Å². The third kappa shape index (κ3) is 2.05. The van der Waals surface area contributed by atoms with Crippen LogP contribution in [0.2, 0.25) is 0 Å². The Balaban J connectivity index is 1.87. The topological polar surface area (TPSA) is 74.0 Å². The highest BCUT2D eigenvalue weighted by Gasteiger charge is 2.52. The minimum absolute atomic E-state index is 0.0553. The third-order valence-electron chi connectivity index (χ3n) is 5.85. The summed E-state index contributed by atoms with van der Waals surface area (Å²) in [5.41, 5.74) is 4.25. The van der Waals surface area contributed by atoms with Crippen molar-refractivity contribution >= 4 is 34.1 Å². The van der Waals surface area contributed by atoms with Gasteiger partial charge in [0, 0.05) is 34.8 Å². The summed E-state index contributed by atoms with van der Waals surface area (Å²) in [5.74, 6) is -0.292. The van der Waals surface area contributed by atoms with Gasteiger partial charge in [-0.15, -0.1) is 0 Å². The summed E-state index contributed by atoms with van der Waals surface area (Å²) in [7, 11) is 0. The van der Waals surface area contributed by atoms with E-state index in [1.807, 2.05) is 30.5 Å². The average Bonchev–Trinajstić information content (AvgIpc) is 3.10. The van der Waals surface area contributed by atoms with Crippen LogP contribution >= 0.6 is 0 Å². The lowest BCUT2D eigenvalue weighted by atomic mass is 9.71. The van der Waals surface area contributed by atoms with E-state index < -0.39 is 5.41 Å². The molecule has 0 fully saturated rings. The van der Waals surface area contributed by atoms with E-state index >= 15 is 0 Å². The molecule has 1 unspecified atom stereocenters. The molecule has 1 spiro atoms. The number of carbonyl (C=O) groups is 2. The molecule has 0 bridgehead atoms. The first-order valence-corrected chi connectivity index (χ1v) is 9.17. The molecule has 2 aliphatic rings. The molecule has 5 rings (SSSR count). The minimum Gasteiger partial charge on any atom is -0.361 e. The highest BCUT2D eigenvalue weighted by molar-refractivity contribution is 6.17. The Morgan fingerprint density at radius 2 is 1.78 bits per heavy atom. The number of aromatic amines is 1. The van der Waals surface area contributed by atoms with E-state index in [1.165, 1.54) is 0 Å². The molecule has 2 aliphatic heterocycles. The van der Waals surface area contributed by atoms with Crippen molar-refractivity contribution in [2.24, 2.45) is 0 Å². The smallest absolute Gasteiger partial charge is 0.240 e. The van der Waals surface area contributed by atoms with Crippen LogP contribution in [-0.2, 0) is 20.4 Å². The molecule has 136 valence electrons. The third-order valence-corrected chi connectivity index (χ3v) is 5.85. The number of anilines is 2. The molecule has 27 heavy (non-hydrogen) atoms. The molecule has 0 aliphatic carbocycles. The Morgan fingerprint density at radius 3 is 2.56 bits per heavy atom. The molecular formula is C22H21N3O2. The Hall–Kier alpha value is -3.08. The molecular weight excluding hydrogens is 338 g/mol. The molecule has 5 heteroatoms. The van der Waals surface area contributed by atoms with Gasteiger partial charge < -0.3 is 15.6 Å². The van der Waals surface area contributed by atoms with Crippen molar-refractivity contribution in [1.29, 1.82) is 0 Å². The number of carbonyl (C=O) groups excluding carboxylic acids is 2. The lowest BCUT2D eigenvalue weighted by molar-refractivity contribution is -0.124. The summed E-state index contributed by atoms with van der Waals surface area (Å²) < 4.78 is 0. The first-order chi connectivity index (χ1) is 12.8. The van der Waals surface area contributed by atoms with E-state index in [1.54, 1.807) is 0 Å². The Kier molecular flexibility index (Phi) is 2.99. The number of aromatic nitrogens is 1. The number of nitrogens with one attached hydrogen (secondary N) is 3. The standard InChI is InChI=1S/C22H21N3O2/c1-21(2,3)12-7-8-15-13(9-12)22(20(27)25-15)10-18(26)24-17-6-4-5-16-19(17)14(22)11-23-16/h4-9,11,23H,10H2,1-3H3,(H,24,26)(H,25,27). The second-order valence-corrected chi connectivity index (χ2v) is 8.53. The van der Waals surface area contributed by atoms with Gasteiger partial charge >= 0.3 is 0 Å². The number of amides is 2. The monoisotopic (exact) mass is 359 g/mol. The van der Waals surface area contributed by atoms with Crippen molar-refractivity contribution in [2.75, 3.05) is 10.6 Å². The van der Waals surface area contributed by atoms with Gasteiger partial charge in [-0.25, -0.2) is 0 Å². The predicted octanol–water partition coefficient (Wildman–Crippen LogP) is 4.05. The lowest BCUT2D eigenvalue weighted by Gasteiger charge is -2.27. The van der Waals surface area contributed by atoms with Crippen LogP contribution in [-0.4, -0.2) is 16.8 Å². The van der Waals surface area contributed by atoms with Crippen molar-refractivity contribution in [3.63, 3.8) is 0 Å². The van der Waals surface area contributed by atoms with Gasteiger partial charge in [-0.1, -0.05) is 39.0 Å². The highest BCUT2D eigenvalue weighted by atomic mass is 16.2. The van der Waals surface area contributed by atoms with Gasteiger partial charge in [0.15, 0.2) is 0 Å². The Morgan fingerprint density at radius 1 is 0.963 bits per heavy atom. The molecule has 2 aromatic carbocycles. The van der Waals surface area contributed by atoms with Crippen LogP contribution in [0.15, 0.2) is 42.6 Å². The van der Waals surface area contributed by atoms with Crippen LogP contribution in [0.25, 0.3) is 10.9 Å². The van der Waals surface area contributed by atoms with E-state index in [4.69, 9.17) is 0 Å². The van der Waals surface area contributed by atoms with Gasteiger partial charge in [-0.2, -0.15) is 0 Å². The van der Waals surface area contributed by atoms with Crippen molar-refractivity contribution in [3.8, 4) is 0 Å². The van der Waals surface area contributed by atoms with Crippen LogP contribution in [0.1, 0.15) is 43.9 Å². The summed E-state index contributed by atoms with van der Waals surface area (Å²) in [6.45, 7) is 6.44. The summed E-state index contributed by atoms with van der Waals surface area (Å²) in [6, 6.07) is 11.9. The zero-order valence-electron chi connectivity index (χ0n) is 15.6. The van der Waals surface area contributed by atoms with Crippen LogP contribution in [0, 0.1) is 0 Å². The zero-order valence-corrected chi connectivity index (χ0v) is 15.6. The minimum atomic E-state index is -1.02. The Labute approximate surface area is 157 Å². The maximum absolute atomic E-state index is 13.3. The van der Waals surface area contributed by atoms with Gasteiger partial charge in [0.1, 0.15) is 5.41 Å². The number of fused-ring (bicyclic) bond motifs is 3. The van der Waals surface area contributed by atoms with Gasteiger partial charge in [-0.05, 0) is 34.7 Å². The molecule has 0 saturated heterocycles. The maximum atomic E-state index is 13.3. The number of rotatable bonds is 0. The molecule has 2 amide bonds. The van der Waals surface area contributed by atoms with Crippen LogP contribution in [0.5, 0.6) is 0 Å². The van der Waals surface area contributed by atoms with E-state index in [2.05, 4.69) is 48.5 Å². The van der Waals surface area contributed by atoms with E-state index in [-0.39, 0.29) is 23.7 Å². The van der Waals surface area contributed by atoms with Crippen LogP contribution in [0.3, 0.4) is 0 Å². The molecule has 1 aromatic heterocycles.